The highest BCUT2D eigenvalue weighted by atomic mass is 79.9. The van der Waals surface area contributed by atoms with Crippen LogP contribution in [-0.4, -0.2) is 31.7 Å². The van der Waals surface area contributed by atoms with Crippen LogP contribution in [0.4, 0.5) is 0 Å². The highest BCUT2D eigenvalue weighted by Crippen LogP contribution is 2.34. The van der Waals surface area contributed by atoms with Gasteiger partial charge in [-0.1, -0.05) is 46.1 Å². The van der Waals surface area contributed by atoms with E-state index in [1.54, 1.807) is 6.92 Å². The van der Waals surface area contributed by atoms with Crippen LogP contribution in [0, 0.1) is 0 Å². The lowest BCUT2D eigenvalue weighted by atomic mass is 10.4. The maximum absolute atomic E-state index is 12.4. The number of sulfonamides is 1. The lowest BCUT2D eigenvalue weighted by Gasteiger charge is -2.20. The maximum Gasteiger partial charge on any atom is 0.246 e. The van der Waals surface area contributed by atoms with E-state index in [4.69, 9.17) is 34.8 Å². The number of hydrogen-bond acceptors (Lipinski definition) is 2. The van der Waals surface area contributed by atoms with Crippen molar-refractivity contribution in [3.8, 4) is 0 Å². The molecular weight excluding hydrogens is 384 g/mol. The van der Waals surface area contributed by atoms with Crippen molar-refractivity contribution in [3.05, 3.63) is 26.7 Å². The summed E-state index contributed by atoms with van der Waals surface area (Å²) < 4.78 is 26.6. The number of hydrogen-bond donors (Lipinski definition) is 0. The summed E-state index contributed by atoms with van der Waals surface area (Å²) in [5.41, 5.74) is 0. The first-order valence-electron chi connectivity index (χ1n) is 5.05. The first-order chi connectivity index (χ1) is 8.34. The smallest absolute Gasteiger partial charge is 0.207 e. The fourth-order valence-corrected chi connectivity index (χ4v) is 5.09. The average Bonchev–Trinajstić information content (AvgIpc) is 2.23. The lowest BCUT2D eigenvalue weighted by Crippen LogP contribution is -2.33. The van der Waals surface area contributed by atoms with Crippen LogP contribution in [0.3, 0.4) is 0 Å². The van der Waals surface area contributed by atoms with Crippen molar-refractivity contribution in [1.82, 2.24) is 4.31 Å². The zero-order valence-corrected chi connectivity index (χ0v) is 14.1. The third-order valence-electron chi connectivity index (χ3n) is 2.25. The van der Waals surface area contributed by atoms with E-state index >= 15 is 0 Å². The zero-order valence-electron chi connectivity index (χ0n) is 9.46. The average molecular weight is 396 g/mol. The zero-order chi connectivity index (χ0) is 13.9. The molecule has 0 unspecified atom stereocenters. The minimum absolute atomic E-state index is 0.0824. The third kappa shape index (κ3) is 3.52. The molecular formula is C10H11BrCl3NO2S. The first kappa shape index (κ1) is 16.5. The van der Waals surface area contributed by atoms with Gasteiger partial charge < -0.3 is 0 Å². The molecule has 0 aliphatic heterocycles. The molecule has 0 aliphatic carbocycles. The Morgan fingerprint density at radius 3 is 2.17 bits per heavy atom. The second-order valence-corrected chi connectivity index (χ2v) is 7.37. The van der Waals surface area contributed by atoms with Crippen molar-refractivity contribution in [3.63, 3.8) is 0 Å². The Bertz CT molecular complexity index is 513. The predicted octanol–water partition coefficient (Wildman–Crippen LogP) is 4.01. The van der Waals surface area contributed by atoms with E-state index in [1.165, 1.54) is 16.4 Å². The highest BCUT2D eigenvalue weighted by Gasteiger charge is 2.28. The number of nitrogens with zero attached hydrogens (tertiary/aromatic N) is 1. The molecule has 1 aromatic carbocycles. The van der Waals surface area contributed by atoms with Gasteiger partial charge in [-0.2, -0.15) is 4.31 Å². The molecule has 0 heterocycles. The summed E-state index contributed by atoms with van der Waals surface area (Å²) in [5, 5.41) is 0.171. The van der Waals surface area contributed by atoms with Crippen molar-refractivity contribution < 1.29 is 8.42 Å². The van der Waals surface area contributed by atoms with Gasteiger partial charge in [-0.3, -0.25) is 0 Å². The Morgan fingerprint density at radius 2 is 1.78 bits per heavy atom. The maximum atomic E-state index is 12.4. The summed E-state index contributed by atoms with van der Waals surface area (Å²) >= 11 is 20.7. The minimum atomic E-state index is -3.73. The quantitative estimate of drug-likeness (QED) is 0.707. The van der Waals surface area contributed by atoms with Gasteiger partial charge in [0, 0.05) is 23.4 Å². The van der Waals surface area contributed by atoms with Gasteiger partial charge in [-0.05, 0) is 12.1 Å². The topological polar surface area (TPSA) is 37.4 Å². The monoisotopic (exact) mass is 393 g/mol. The van der Waals surface area contributed by atoms with E-state index in [0.717, 1.165) is 0 Å². The van der Waals surface area contributed by atoms with Crippen molar-refractivity contribution in [1.29, 1.82) is 0 Å². The van der Waals surface area contributed by atoms with Gasteiger partial charge in [0.1, 0.15) is 4.90 Å². The van der Waals surface area contributed by atoms with Crippen molar-refractivity contribution >= 4 is 60.8 Å². The molecule has 0 amide bonds. The molecule has 102 valence electrons. The van der Waals surface area contributed by atoms with Gasteiger partial charge in [-0.25, -0.2) is 8.42 Å². The molecule has 0 aromatic heterocycles. The van der Waals surface area contributed by atoms with E-state index in [1.807, 2.05) is 0 Å². The molecule has 0 aliphatic rings. The van der Waals surface area contributed by atoms with Gasteiger partial charge in [0.05, 0.1) is 10.0 Å². The van der Waals surface area contributed by atoms with Crippen LogP contribution in [0.25, 0.3) is 0 Å². The van der Waals surface area contributed by atoms with E-state index < -0.39 is 10.0 Å². The summed E-state index contributed by atoms with van der Waals surface area (Å²) in [6.45, 7) is 2.24. The van der Waals surface area contributed by atoms with Gasteiger partial charge in [0.25, 0.3) is 0 Å². The second kappa shape index (κ2) is 6.77. The molecule has 0 spiro atoms. The molecule has 0 fully saturated rings. The van der Waals surface area contributed by atoms with Crippen molar-refractivity contribution in [2.45, 2.75) is 11.8 Å². The minimum Gasteiger partial charge on any atom is -0.207 e. The van der Waals surface area contributed by atoms with Crippen molar-refractivity contribution in [2.75, 3.05) is 19.0 Å². The molecule has 1 aromatic rings. The number of halogens is 4. The summed E-state index contributed by atoms with van der Waals surface area (Å²) in [6, 6.07) is 2.99. The lowest BCUT2D eigenvalue weighted by molar-refractivity contribution is 0.447. The molecule has 0 saturated carbocycles. The molecule has 8 heteroatoms. The summed E-state index contributed by atoms with van der Waals surface area (Å²) in [7, 11) is -3.73. The van der Waals surface area contributed by atoms with Crippen LogP contribution in [0.1, 0.15) is 6.92 Å². The summed E-state index contributed by atoms with van der Waals surface area (Å²) in [5.74, 6) is 0.207. The highest BCUT2D eigenvalue weighted by molar-refractivity contribution is 9.10. The first-order valence-corrected chi connectivity index (χ1v) is 8.57. The van der Waals surface area contributed by atoms with Crippen LogP contribution in [-0.2, 0) is 10.0 Å². The van der Waals surface area contributed by atoms with Crippen molar-refractivity contribution in [2.24, 2.45) is 0 Å². The molecule has 1 rings (SSSR count). The van der Waals surface area contributed by atoms with Gasteiger partial charge in [0.2, 0.25) is 10.0 Å². The summed E-state index contributed by atoms with van der Waals surface area (Å²) in [6.07, 6.45) is 0. The Kier molecular flexibility index (Phi) is 6.22. The number of benzene rings is 1. The SMILES string of the molecule is CCN(CCCl)S(=O)(=O)c1c(Cl)cc(Br)cc1Cl. The Balaban J connectivity index is 3.36. The fraction of sp³-hybridized carbons (Fsp3) is 0.400. The Hall–Kier alpha value is 0.480. The van der Waals surface area contributed by atoms with E-state index in [-0.39, 0.29) is 27.4 Å². The van der Waals surface area contributed by atoms with Gasteiger partial charge in [-0.15, -0.1) is 11.6 Å². The van der Waals surface area contributed by atoms with E-state index in [9.17, 15) is 8.42 Å². The Labute approximate surface area is 130 Å². The van der Waals surface area contributed by atoms with E-state index in [2.05, 4.69) is 15.9 Å². The van der Waals surface area contributed by atoms with Crippen LogP contribution in [0.5, 0.6) is 0 Å². The van der Waals surface area contributed by atoms with Crippen LogP contribution >= 0.6 is 50.7 Å². The van der Waals surface area contributed by atoms with Crippen LogP contribution in [0.2, 0.25) is 10.0 Å². The van der Waals surface area contributed by atoms with Gasteiger partial charge >= 0.3 is 0 Å². The Morgan fingerprint density at radius 1 is 1.28 bits per heavy atom. The number of rotatable bonds is 5. The molecule has 0 N–H and O–H groups in total. The molecule has 3 nitrogen and oxygen atoms in total. The molecule has 0 bridgehead atoms. The normalized spacial score (nSPS) is 12.1. The largest absolute Gasteiger partial charge is 0.246 e. The van der Waals surface area contributed by atoms with Crippen LogP contribution in [0.15, 0.2) is 21.5 Å². The van der Waals surface area contributed by atoms with E-state index in [0.29, 0.717) is 11.0 Å². The fourth-order valence-electron chi connectivity index (χ4n) is 1.45. The molecule has 0 radical (unpaired) electrons. The third-order valence-corrected chi connectivity index (χ3v) is 5.77. The van der Waals surface area contributed by atoms with Gasteiger partial charge in [0.15, 0.2) is 0 Å². The predicted molar refractivity (Wildman–Crippen MR) is 79.3 cm³/mol. The molecule has 0 saturated heterocycles. The number of alkyl halides is 1. The second-order valence-electron chi connectivity index (χ2n) is 3.38. The molecule has 18 heavy (non-hydrogen) atoms. The standard InChI is InChI=1S/C10H11BrCl3NO2S/c1-2-15(4-3-12)18(16,17)10-8(13)5-7(11)6-9(10)14/h5-6H,2-4H2,1H3. The summed E-state index contributed by atoms with van der Waals surface area (Å²) in [4.78, 5) is -0.0824. The molecule has 0 atom stereocenters. The van der Waals surface area contributed by atoms with Crippen LogP contribution < -0.4 is 0 Å².